The molecule has 0 heterocycles. The lowest BCUT2D eigenvalue weighted by Crippen LogP contribution is -1.93. The Morgan fingerprint density at radius 2 is 2.08 bits per heavy atom. The van der Waals surface area contributed by atoms with Gasteiger partial charge in [-0.15, -0.1) is 12.8 Å². The molecule has 0 amide bonds. The molecule has 1 unspecified atom stereocenters. The molecule has 0 aromatic heterocycles. The van der Waals surface area contributed by atoms with Crippen LogP contribution >= 0.6 is 17.1 Å². The van der Waals surface area contributed by atoms with Crippen molar-refractivity contribution in [3.8, 4) is 24.7 Å². The van der Waals surface area contributed by atoms with Gasteiger partial charge in [-0.2, -0.15) is 0 Å². The zero-order valence-corrected chi connectivity index (χ0v) is 9.88. The summed E-state index contributed by atoms with van der Waals surface area (Å²) in [4.78, 5) is 0. The minimum absolute atomic E-state index is 0.175. The number of terminal acetylenes is 2. The van der Waals surface area contributed by atoms with E-state index in [2.05, 4.69) is 11.8 Å². The van der Waals surface area contributed by atoms with Gasteiger partial charge in [-0.3, -0.25) is 0 Å². The lowest BCUT2D eigenvalue weighted by Gasteiger charge is -2.18. The molecule has 1 atom stereocenters. The summed E-state index contributed by atoms with van der Waals surface area (Å²) < 4.78 is 10.6. The van der Waals surface area contributed by atoms with Crippen LogP contribution in [0.3, 0.4) is 0 Å². The monoisotopic (exact) mass is 234 g/mol. The highest BCUT2D eigenvalue weighted by Gasteiger charge is 2.17. The molecule has 0 rings (SSSR count). The van der Waals surface area contributed by atoms with Crippen molar-refractivity contribution in [2.45, 2.75) is 6.92 Å². The van der Waals surface area contributed by atoms with Crippen molar-refractivity contribution in [3.63, 3.8) is 0 Å². The second-order valence-corrected chi connectivity index (χ2v) is 8.13. The molecule has 0 N–H and O–H groups in total. The molecule has 2 nitrogen and oxygen atoms in total. The van der Waals surface area contributed by atoms with Gasteiger partial charge in [0.2, 0.25) is 5.69 Å². The van der Waals surface area contributed by atoms with E-state index >= 15 is 0 Å². The van der Waals surface area contributed by atoms with Crippen LogP contribution in [0.25, 0.3) is 0 Å². The van der Waals surface area contributed by atoms with Crippen molar-refractivity contribution >= 4 is 28.9 Å². The topological polar surface area (TPSA) is 18.5 Å². The Kier molecular flexibility index (Phi) is 7.47. The first-order valence-corrected chi connectivity index (χ1v) is 7.82. The van der Waals surface area contributed by atoms with Gasteiger partial charge in [-0.25, -0.2) is 0 Å². The van der Waals surface area contributed by atoms with Crippen LogP contribution in [0.2, 0.25) is 0 Å². The highest BCUT2D eigenvalue weighted by atomic mass is 32.9. The van der Waals surface area contributed by atoms with Crippen LogP contribution in [0.1, 0.15) is 6.92 Å². The first-order chi connectivity index (χ1) is 6.18. The van der Waals surface area contributed by atoms with Gasteiger partial charge in [0.15, 0.2) is 0 Å². The van der Waals surface area contributed by atoms with Crippen LogP contribution in [0, 0.1) is 24.7 Å². The van der Waals surface area contributed by atoms with Crippen LogP contribution in [0.4, 0.5) is 0 Å². The molecule has 0 spiro atoms. The van der Waals surface area contributed by atoms with Crippen molar-refractivity contribution in [2.24, 2.45) is 0 Å². The zero-order chi connectivity index (χ0) is 10.2. The fourth-order valence-electron chi connectivity index (χ4n) is 0.503. The molecule has 0 aliphatic heterocycles. The normalized spacial score (nSPS) is 14.1. The lowest BCUT2D eigenvalue weighted by atomic mass is 10.8. The van der Waals surface area contributed by atoms with E-state index in [9.17, 15) is 0 Å². The van der Waals surface area contributed by atoms with Crippen molar-refractivity contribution in [3.05, 3.63) is 0 Å². The van der Waals surface area contributed by atoms with E-state index in [1.807, 2.05) is 6.92 Å². The van der Waals surface area contributed by atoms with Gasteiger partial charge in [0.25, 0.3) is 0 Å². The molecule has 0 bridgehead atoms. The summed E-state index contributed by atoms with van der Waals surface area (Å²) in [5.41, 5.74) is -2.29. The van der Waals surface area contributed by atoms with E-state index in [4.69, 9.17) is 33.7 Å². The maximum atomic E-state index is 5.31. The molecular formula is C8H11O2PS2. The first-order valence-electron chi connectivity index (χ1n) is 3.59. The highest BCUT2D eigenvalue weighted by Crippen LogP contribution is 2.60. The van der Waals surface area contributed by atoms with Gasteiger partial charge < -0.3 is 9.05 Å². The van der Waals surface area contributed by atoms with Gasteiger partial charge in [0.05, 0.1) is 12.4 Å². The van der Waals surface area contributed by atoms with E-state index in [1.165, 1.54) is 11.4 Å². The summed E-state index contributed by atoms with van der Waals surface area (Å²) in [6.07, 6.45) is 10.2. The van der Waals surface area contributed by atoms with Crippen LogP contribution in [-0.4, -0.2) is 19.0 Å². The smallest absolute Gasteiger partial charge is 0.249 e. The molecular weight excluding hydrogens is 223 g/mol. The van der Waals surface area contributed by atoms with Crippen LogP contribution < -0.4 is 0 Å². The molecule has 13 heavy (non-hydrogen) atoms. The van der Waals surface area contributed by atoms with Gasteiger partial charge in [0, 0.05) is 0 Å². The van der Waals surface area contributed by atoms with Gasteiger partial charge in [0.1, 0.15) is 6.61 Å². The van der Waals surface area contributed by atoms with Crippen LogP contribution in [-0.2, 0) is 20.9 Å². The average molecular weight is 234 g/mol. The Bertz CT molecular complexity index is 242. The molecule has 0 aliphatic carbocycles. The van der Waals surface area contributed by atoms with Gasteiger partial charge in [-0.1, -0.05) is 23.2 Å². The molecule has 0 aromatic rings. The summed E-state index contributed by atoms with van der Waals surface area (Å²) in [7, 11) is 0. The summed E-state index contributed by atoms with van der Waals surface area (Å²) in [5.74, 6) is 5.31. The molecule has 5 heteroatoms. The standard InChI is InChI=1S/C8H11O2PS2/c1-4-7-10-11(12,9-6-3)13-8-5-2/h1-2H,6-8H2,3H3. The van der Waals surface area contributed by atoms with Crippen molar-refractivity contribution in [1.29, 1.82) is 0 Å². The summed E-state index contributed by atoms with van der Waals surface area (Å²) in [5, 5.41) is 0. The first kappa shape index (κ1) is 13.0. The third-order valence-electron chi connectivity index (χ3n) is 0.899. The molecule has 0 aliphatic rings. The predicted octanol–water partition coefficient (Wildman–Crippen LogP) is 2.26. The van der Waals surface area contributed by atoms with E-state index < -0.39 is 5.69 Å². The minimum Gasteiger partial charge on any atom is -0.322 e. The molecule has 72 valence electrons. The largest absolute Gasteiger partial charge is 0.322 e. The van der Waals surface area contributed by atoms with Crippen molar-refractivity contribution in [1.82, 2.24) is 0 Å². The Morgan fingerprint density at radius 3 is 2.54 bits per heavy atom. The lowest BCUT2D eigenvalue weighted by molar-refractivity contribution is 0.294. The summed E-state index contributed by atoms with van der Waals surface area (Å²) in [6.45, 7) is 2.55. The summed E-state index contributed by atoms with van der Waals surface area (Å²) >= 11 is 6.51. The minimum atomic E-state index is -2.29. The molecule has 0 radical (unpaired) electrons. The molecule has 0 fully saturated rings. The maximum Gasteiger partial charge on any atom is 0.249 e. The van der Waals surface area contributed by atoms with Crippen LogP contribution in [0.5, 0.6) is 0 Å². The SMILES string of the molecule is C#CCOP(=S)(OCC)SCC#C. The molecule has 0 saturated heterocycles. The fraction of sp³-hybridized carbons (Fsp3) is 0.500. The second-order valence-electron chi connectivity index (χ2n) is 1.82. The Labute approximate surface area is 88.7 Å². The van der Waals surface area contributed by atoms with Crippen molar-refractivity contribution < 1.29 is 9.05 Å². The highest BCUT2D eigenvalue weighted by molar-refractivity contribution is 8.68. The number of hydrogen-bond acceptors (Lipinski definition) is 4. The van der Waals surface area contributed by atoms with E-state index in [0.29, 0.717) is 12.4 Å². The number of rotatable bonds is 6. The maximum absolute atomic E-state index is 5.31. The molecule has 0 aromatic carbocycles. The number of hydrogen-bond donors (Lipinski definition) is 0. The molecule has 0 saturated carbocycles. The Balaban J connectivity index is 4.11. The Hall–Kier alpha value is 0.0400. The van der Waals surface area contributed by atoms with E-state index in [0.717, 1.165) is 0 Å². The summed E-state index contributed by atoms with van der Waals surface area (Å²) in [6, 6.07) is 0. The second kappa shape index (κ2) is 7.44. The third kappa shape index (κ3) is 6.16. The fourth-order valence-corrected chi connectivity index (χ4v) is 4.08. The van der Waals surface area contributed by atoms with E-state index in [-0.39, 0.29) is 6.61 Å². The van der Waals surface area contributed by atoms with Gasteiger partial charge >= 0.3 is 0 Å². The third-order valence-corrected chi connectivity index (χ3v) is 6.08. The average Bonchev–Trinajstić information content (AvgIpc) is 2.12. The van der Waals surface area contributed by atoms with Gasteiger partial charge in [-0.05, 0) is 18.7 Å². The van der Waals surface area contributed by atoms with Crippen molar-refractivity contribution in [2.75, 3.05) is 19.0 Å². The Morgan fingerprint density at radius 1 is 1.38 bits per heavy atom. The van der Waals surface area contributed by atoms with Crippen LogP contribution in [0.15, 0.2) is 0 Å². The zero-order valence-electron chi connectivity index (χ0n) is 7.36. The van der Waals surface area contributed by atoms with E-state index in [1.54, 1.807) is 0 Å². The predicted molar refractivity (Wildman–Crippen MR) is 62.0 cm³/mol. The quantitative estimate of drug-likeness (QED) is 0.518.